The van der Waals surface area contributed by atoms with Gasteiger partial charge in [-0.15, -0.1) is 0 Å². The van der Waals surface area contributed by atoms with Gasteiger partial charge >= 0.3 is 12.1 Å². The lowest BCUT2D eigenvalue weighted by Gasteiger charge is -2.26. The van der Waals surface area contributed by atoms with Crippen LogP contribution in [0.1, 0.15) is 37.1 Å². The highest BCUT2D eigenvalue weighted by atomic mass is 16.7. The molecule has 4 N–H and O–H groups in total. The lowest BCUT2D eigenvalue weighted by molar-refractivity contribution is -0.433. The standard InChI is InChI=1S/C23H22N6O8/c1-12-20(28(32)33)18(26-22(30)24-12)14-7-3-5-9-16(14)36-11-37-17-10-6-4-8-15(17)19-21(29(34)35)13(2)25-23(31)27-19/h3-10,18-19H,11H2,1-2H3,(H2,24,26,30)(H2,25,27,31). The van der Waals surface area contributed by atoms with Gasteiger partial charge in [0.25, 0.3) is 11.4 Å². The van der Waals surface area contributed by atoms with E-state index in [2.05, 4.69) is 21.3 Å². The number of para-hydroxylation sites is 2. The molecule has 2 heterocycles. The Labute approximate surface area is 209 Å². The predicted octanol–water partition coefficient (Wildman–Crippen LogP) is 2.83. The summed E-state index contributed by atoms with van der Waals surface area (Å²) in [4.78, 5) is 46.2. The summed E-state index contributed by atoms with van der Waals surface area (Å²) in [6.45, 7) is 2.49. The van der Waals surface area contributed by atoms with Gasteiger partial charge in [0.1, 0.15) is 11.5 Å². The number of rotatable bonds is 8. The molecule has 4 rings (SSSR count). The monoisotopic (exact) mass is 510 g/mol. The van der Waals surface area contributed by atoms with E-state index in [0.717, 1.165) is 0 Å². The van der Waals surface area contributed by atoms with Gasteiger partial charge in [-0.3, -0.25) is 20.2 Å². The van der Waals surface area contributed by atoms with Crippen LogP contribution in [0, 0.1) is 20.2 Å². The van der Waals surface area contributed by atoms with Crippen molar-refractivity contribution in [2.24, 2.45) is 0 Å². The summed E-state index contributed by atoms with van der Waals surface area (Å²) in [6.07, 6.45) is 0. The first-order valence-electron chi connectivity index (χ1n) is 11.0. The number of urea groups is 2. The molecule has 2 aliphatic rings. The van der Waals surface area contributed by atoms with E-state index in [4.69, 9.17) is 9.47 Å². The van der Waals surface area contributed by atoms with Gasteiger partial charge in [0, 0.05) is 11.1 Å². The molecule has 0 radical (unpaired) electrons. The first-order chi connectivity index (χ1) is 17.7. The molecular weight excluding hydrogens is 488 g/mol. The first kappa shape index (κ1) is 25.0. The molecule has 0 aromatic heterocycles. The minimum atomic E-state index is -1.08. The molecular formula is C23H22N6O8. The Kier molecular flexibility index (Phi) is 6.90. The third-order valence-corrected chi connectivity index (χ3v) is 5.75. The molecule has 2 aliphatic heterocycles. The van der Waals surface area contributed by atoms with Gasteiger partial charge in [-0.2, -0.15) is 0 Å². The van der Waals surface area contributed by atoms with Crippen LogP contribution in [0.25, 0.3) is 0 Å². The smallest absolute Gasteiger partial charge is 0.320 e. The van der Waals surface area contributed by atoms with E-state index in [1.807, 2.05) is 0 Å². The molecule has 0 fully saturated rings. The van der Waals surface area contributed by atoms with Gasteiger partial charge in [0.2, 0.25) is 6.79 Å². The fourth-order valence-corrected chi connectivity index (χ4v) is 4.16. The zero-order valence-corrected chi connectivity index (χ0v) is 19.6. The molecule has 14 heteroatoms. The Bertz CT molecular complexity index is 1250. The maximum absolute atomic E-state index is 12.0. The van der Waals surface area contributed by atoms with Gasteiger partial charge in [-0.25, -0.2) is 9.59 Å². The number of nitrogens with one attached hydrogen (secondary N) is 4. The van der Waals surface area contributed by atoms with Crippen molar-refractivity contribution in [3.8, 4) is 11.5 Å². The summed E-state index contributed by atoms with van der Waals surface area (Å²) in [5.74, 6) is 0.437. The second kappa shape index (κ2) is 10.2. The lowest BCUT2D eigenvalue weighted by Crippen LogP contribution is -2.45. The number of hydrogen-bond donors (Lipinski definition) is 4. The van der Waals surface area contributed by atoms with Crippen LogP contribution in [-0.4, -0.2) is 28.7 Å². The Morgan fingerprint density at radius 1 is 0.730 bits per heavy atom. The number of amides is 4. The highest BCUT2D eigenvalue weighted by Gasteiger charge is 2.38. The minimum absolute atomic E-state index is 0.104. The first-order valence-corrected chi connectivity index (χ1v) is 11.0. The second-order valence-corrected chi connectivity index (χ2v) is 8.08. The summed E-state index contributed by atoms with van der Waals surface area (Å²) >= 11 is 0. The Hall–Kier alpha value is -5.14. The third kappa shape index (κ3) is 5.12. The van der Waals surface area contributed by atoms with E-state index < -0.39 is 34.0 Å². The summed E-state index contributed by atoms with van der Waals surface area (Å²) in [5.41, 5.74) is 0.400. The number of benzene rings is 2. The van der Waals surface area contributed by atoms with E-state index >= 15 is 0 Å². The largest absolute Gasteiger partial charge is 0.457 e. The molecule has 2 aromatic carbocycles. The molecule has 192 valence electrons. The number of hydrogen-bond acceptors (Lipinski definition) is 8. The van der Waals surface area contributed by atoms with Crippen LogP contribution >= 0.6 is 0 Å². The summed E-state index contributed by atoms with van der Waals surface area (Å²) in [6, 6.07) is 9.55. The molecule has 0 spiro atoms. The van der Waals surface area contributed by atoms with Gasteiger partial charge in [0.05, 0.1) is 21.2 Å². The lowest BCUT2D eigenvalue weighted by atomic mass is 10.00. The van der Waals surface area contributed by atoms with Crippen molar-refractivity contribution < 1.29 is 28.9 Å². The summed E-state index contributed by atoms with van der Waals surface area (Å²) < 4.78 is 11.5. The molecule has 2 atom stereocenters. The van der Waals surface area contributed by atoms with E-state index in [-0.39, 0.29) is 41.1 Å². The number of carbonyl (C=O) groups is 2. The Morgan fingerprint density at radius 2 is 1.11 bits per heavy atom. The van der Waals surface area contributed by atoms with Crippen molar-refractivity contribution in [1.82, 2.24) is 21.3 Å². The fourth-order valence-electron chi connectivity index (χ4n) is 4.16. The molecule has 37 heavy (non-hydrogen) atoms. The fraction of sp³-hybridized carbons (Fsp3) is 0.217. The van der Waals surface area contributed by atoms with Crippen molar-refractivity contribution in [2.45, 2.75) is 25.9 Å². The Balaban J connectivity index is 1.58. The summed E-state index contributed by atoms with van der Waals surface area (Å²) in [5, 5.41) is 33.2. The van der Waals surface area contributed by atoms with E-state index in [1.165, 1.54) is 13.8 Å². The SMILES string of the molecule is CC1=C([N+](=O)[O-])C(c2ccccc2OCOc2ccccc2C2NC(=O)NC(C)=C2[N+](=O)[O-])NC(=O)N1. The average molecular weight is 510 g/mol. The van der Waals surface area contributed by atoms with E-state index in [1.54, 1.807) is 48.5 Å². The topological polar surface area (TPSA) is 187 Å². The van der Waals surface area contributed by atoms with Crippen LogP contribution < -0.4 is 30.7 Å². The maximum atomic E-state index is 12.0. The molecule has 0 saturated heterocycles. The van der Waals surface area contributed by atoms with Crippen molar-refractivity contribution in [1.29, 1.82) is 0 Å². The molecule has 0 aliphatic carbocycles. The Morgan fingerprint density at radius 3 is 1.49 bits per heavy atom. The van der Waals surface area contributed by atoms with Crippen LogP contribution in [0.5, 0.6) is 11.5 Å². The molecule has 0 bridgehead atoms. The predicted molar refractivity (Wildman–Crippen MR) is 127 cm³/mol. The molecule has 2 unspecified atom stereocenters. The molecule has 2 aromatic rings. The van der Waals surface area contributed by atoms with Crippen molar-refractivity contribution in [3.05, 3.63) is 103 Å². The van der Waals surface area contributed by atoms with Crippen molar-refractivity contribution in [2.75, 3.05) is 6.79 Å². The summed E-state index contributed by atoms with van der Waals surface area (Å²) in [7, 11) is 0. The van der Waals surface area contributed by atoms with Crippen LogP contribution in [-0.2, 0) is 0 Å². The van der Waals surface area contributed by atoms with Gasteiger partial charge in [-0.05, 0) is 26.0 Å². The molecule has 0 saturated carbocycles. The van der Waals surface area contributed by atoms with Gasteiger partial charge < -0.3 is 30.7 Å². The van der Waals surface area contributed by atoms with E-state index in [9.17, 15) is 29.8 Å². The minimum Gasteiger partial charge on any atom is -0.457 e. The number of nitrogens with zero attached hydrogens (tertiary/aromatic N) is 2. The van der Waals surface area contributed by atoms with E-state index in [0.29, 0.717) is 11.1 Å². The highest BCUT2D eigenvalue weighted by Crippen LogP contribution is 2.35. The van der Waals surface area contributed by atoms with Crippen LogP contribution in [0.15, 0.2) is 71.3 Å². The number of ether oxygens (including phenoxy) is 2. The van der Waals surface area contributed by atoms with Crippen molar-refractivity contribution in [3.63, 3.8) is 0 Å². The molecule has 4 amide bonds. The van der Waals surface area contributed by atoms with Crippen LogP contribution in [0.3, 0.4) is 0 Å². The normalized spacial score (nSPS) is 19.3. The highest BCUT2D eigenvalue weighted by molar-refractivity contribution is 5.79. The quantitative estimate of drug-likeness (QED) is 0.237. The van der Waals surface area contributed by atoms with Crippen LogP contribution in [0.2, 0.25) is 0 Å². The van der Waals surface area contributed by atoms with Crippen LogP contribution in [0.4, 0.5) is 9.59 Å². The maximum Gasteiger partial charge on any atom is 0.320 e. The number of allylic oxidation sites excluding steroid dienone is 2. The second-order valence-electron chi connectivity index (χ2n) is 8.08. The number of nitro groups is 2. The molecule has 14 nitrogen and oxygen atoms in total. The third-order valence-electron chi connectivity index (χ3n) is 5.75. The van der Waals surface area contributed by atoms with Gasteiger partial charge in [0.15, 0.2) is 12.1 Å². The number of carbonyl (C=O) groups excluding carboxylic acids is 2. The van der Waals surface area contributed by atoms with Gasteiger partial charge in [-0.1, -0.05) is 36.4 Å². The zero-order chi connectivity index (χ0) is 26.7. The zero-order valence-electron chi connectivity index (χ0n) is 19.6. The average Bonchev–Trinajstić information content (AvgIpc) is 2.83. The van der Waals surface area contributed by atoms with Crippen molar-refractivity contribution >= 4 is 12.1 Å².